The van der Waals surface area contributed by atoms with Crippen LogP contribution in [0.3, 0.4) is 0 Å². The van der Waals surface area contributed by atoms with E-state index in [4.69, 9.17) is 0 Å². The fourth-order valence-corrected chi connectivity index (χ4v) is 1.74. The van der Waals surface area contributed by atoms with Crippen LogP contribution in [0.25, 0.3) is 0 Å². The largest absolute Gasteiger partial charge is 0.391 e. The van der Waals surface area contributed by atoms with E-state index in [0.717, 1.165) is 19.4 Å². The van der Waals surface area contributed by atoms with Gasteiger partial charge in [-0.2, -0.15) is 4.39 Å². The number of piperidine rings is 1. The summed E-state index contributed by atoms with van der Waals surface area (Å²) in [6.45, 7) is 1.39. The van der Waals surface area contributed by atoms with E-state index in [1.54, 1.807) is 12.1 Å². The number of aliphatic hydroxyl groups is 1. The van der Waals surface area contributed by atoms with Crippen molar-refractivity contribution in [1.82, 2.24) is 4.98 Å². The molecule has 1 aliphatic heterocycles. The Balaban J connectivity index is 2.14. The minimum Gasteiger partial charge on any atom is -0.391 e. The van der Waals surface area contributed by atoms with Gasteiger partial charge in [0.05, 0.1) is 6.10 Å². The van der Waals surface area contributed by atoms with E-state index in [1.165, 1.54) is 6.07 Å². The van der Waals surface area contributed by atoms with Crippen molar-refractivity contribution >= 4 is 5.82 Å². The second kappa shape index (κ2) is 3.92. The molecule has 1 atom stereocenters. The normalized spacial score (nSPS) is 22.4. The van der Waals surface area contributed by atoms with Gasteiger partial charge in [0.15, 0.2) is 0 Å². The highest BCUT2D eigenvalue weighted by molar-refractivity contribution is 5.38. The Morgan fingerprint density at radius 1 is 1.50 bits per heavy atom. The monoisotopic (exact) mass is 196 g/mol. The summed E-state index contributed by atoms with van der Waals surface area (Å²) in [6, 6.07) is 4.73. The first-order valence-electron chi connectivity index (χ1n) is 4.81. The molecule has 1 aliphatic rings. The molecule has 3 nitrogen and oxygen atoms in total. The number of nitrogens with zero attached hydrogens (tertiary/aromatic N) is 2. The molecule has 0 saturated carbocycles. The topological polar surface area (TPSA) is 36.4 Å². The number of aromatic nitrogens is 1. The zero-order chi connectivity index (χ0) is 9.97. The van der Waals surface area contributed by atoms with Crippen LogP contribution in [0.4, 0.5) is 10.2 Å². The number of anilines is 1. The highest BCUT2D eigenvalue weighted by Gasteiger charge is 2.18. The van der Waals surface area contributed by atoms with Crippen LogP contribution in [-0.4, -0.2) is 29.3 Å². The van der Waals surface area contributed by atoms with Crippen LogP contribution < -0.4 is 4.90 Å². The zero-order valence-electron chi connectivity index (χ0n) is 7.86. The van der Waals surface area contributed by atoms with Gasteiger partial charge in [-0.1, -0.05) is 6.07 Å². The maximum Gasteiger partial charge on any atom is 0.214 e. The minimum atomic E-state index is -0.470. The fraction of sp³-hybridized carbons (Fsp3) is 0.500. The molecule has 0 unspecified atom stereocenters. The summed E-state index contributed by atoms with van der Waals surface area (Å²) < 4.78 is 12.8. The number of hydrogen-bond donors (Lipinski definition) is 1. The van der Waals surface area contributed by atoms with Gasteiger partial charge in [0, 0.05) is 13.1 Å². The van der Waals surface area contributed by atoms with E-state index in [0.29, 0.717) is 12.4 Å². The predicted molar refractivity (Wildman–Crippen MR) is 51.6 cm³/mol. The van der Waals surface area contributed by atoms with Crippen molar-refractivity contribution in [2.45, 2.75) is 18.9 Å². The maximum atomic E-state index is 12.8. The summed E-state index contributed by atoms with van der Waals surface area (Å²) in [7, 11) is 0. The van der Waals surface area contributed by atoms with Crippen molar-refractivity contribution in [3.63, 3.8) is 0 Å². The molecule has 0 bridgehead atoms. The third kappa shape index (κ3) is 2.01. The molecule has 0 spiro atoms. The molecular formula is C10H13FN2O. The molecule has 1 saturated heterocycles. The Morgan fingerprint density at radius 3 is 3.07 bits per heavy atom. The molecule has 1 aromatic rings. The fourth-order valence-electron chi connectivity index (χ4n) is 1.74. The van der Waals surface area contributed by atoms with Crippen molar-refractivity contribution in [2.75, 3.05) is 18.0 Å². The number of β-amino-alcohol motifs (C(OH)–C–C–N with tert-alkyl or cyclic N) is 1. The van der Waals surface area contributed by atoms with Gasteiger partial charge in [-0.25, -0.2) is 4.98 Å². The molecule has 76 valence electrons. The van der Waals surface area contributed by atoms with Gasteiger partial charge in [-0.05, 0) is 25.0 Å². The molecule has 1 N–H and O–H groups in total. The van der Waals surface area contributed by atoms with E-state index in [2.05, 4.69) is 4.98 Å². The van der Waals surface area contributed by atoms with Crippen LogP contribution in [0.2, 0.25) is 0 Å². The smallest absolute Gasteiger partial charge is 0.214 e. The third-order valence-electron chi connectivity index (χ3n) is 2.42. The van der Waals surface area contributed by atoms with Crippen molar-refractivity contribution < 1.29 is 9.50 Å². The van der Waals surface area contributed by atoms with Gasteiger partial charge in [-0.3, -0.25) is 0 Å². The summed E-state index contributed by atoms with van der Waals surface area (Å²) in [5.74, 6) is 0.145. The Morgan fingerprint density at radius 2 is 2.36 bits per heavy atom. The van der Waals surface area contributed by atoms with Gasteiger partial charge in [0.2, 0.25) is 5.95 Å². The Hall–Kier alpha value is -1.16. The molecule has 14 heavy (non-hydrogen) atoms. The second-order valence-electron chi connectivity index (χ2n) is 3.56. The molecule has 2 heterocycles. The lowest BCUT2D eigenvalue weighted by Crippen LogP contribution is -2.38. The quantitative estimate of drug-likeness (QED) is 0.685. The maximum absolute atomic E-state index is 12.8. The molecule has 0 aliphatic carbocycles. The minimum absolute atomic E-state index is 0.311. The molecule has 0 aromatic carbocycles. The van der Waals surface area contributed by atoms with Crippen LogP contribution in [-0.2, 0) is 0 Å². The number of hydrogen-bond acceptors (Lipinski definition) is 3. The average molecular weight is 196 g/mol. The van der Waals surface area contributed by atoms with Crippen molar-refractivity contribution in [1.29, 1.82) is 0 Å². The summed E-state index contributed by atoms with van der Waals surface area (Å²) in [4.78, 5) is 5.69. The molecule has 1 aromatic heterocycles. The number of aliphatic hydroxyl groups excluding tert-OH is 1. The first kappa shape index (κ1) is 9.40. The first-order chi connectivity index (χ1) is 6.75. The highest BCUT2D eigenvalue weighted by atomic mass is 19.1. The van der Waals surface area contributed by atoms with Gasteiger partial charge < -0.3 is 10.0 Å². The molecule has 4 heteroatoms. The lowest BCUT2D eigenvalue weighted by atomic mass is 10.1. The standard InChI is InChI=1S/C10H13FN2O/c11-9-4-1-5-10(12-9)13-6-2-3-8(14)7-13/h1,4-5,8,14H,2-3,6-7H2/t8-/m0/s1. The summed E-state index contributed by atoms with van der Waals surface area (Å²) in [5.41, 5.74) is 0. The third-order valence-corrected chi connectivity index (χ3v) is 2.42. The average Bonchev–Trinajstić information content (AvgIpc) is 2.18. The Labute approximate surface area is 82.2 Å². The molecular weight excluding hydrogens is 183 g/mol. The Kier molecular flexibility index (Phi) is 2.63. The summed E-state index contributed by atoms with van der Waals surface area (Å²) in [5, 5.41) is 9.45. The van der Waals surface area contributed by atoms with Crippen molar-refractivity contribution in [3.05, 3.63) is 24.1 Å². The number of pyridine rings is 1. The van der Waals surface area contributed by atoms with E-state index in [1.807, 2.05) is 4.90 Å². The van der Waals surface area contributed by atoms with Crippen molar-refractivity contribution in [3.8, 4) is 0 Å². The van der Waals surface area contributed by atoms with Crippen LogP contribution >= 0.6 is 0 Å². The number of rotatable bonds is 1. The summed E-state index contributed by atoms with van der Waals surface area (Å²) in [6.07, 6.45) is 1.44. The Bertz CT molecular complexity index is 319. The van der Waals surface area contributed by atoms with E-state index in [9.17, 15) is 9.50 Å². The number of halogens is 1. The lowest BCUT2D eigenvalue weighted by molar-refractivity contribution is 0.154. The zero-order valence-corrected chi connectivity index (χ0v) is 7.86. The SMILES string of the molecule is O[C@H]1CCCN(c2cccc(F)n2)C1. The van der Waals surface area contributed by atoms with Crippen LogP contribution in [0.15, 0.2) is 18.2 Å². The van der Waals surface area contributed by atoms with Gasteiger partial charge in [0.1, 0.15) is 5.82 Å². The first-order valence-corrected chi connectivity index (χ1v) is 4.81. The van der Waals surface area contributed by atoms with E-state index in [-0.39, 0.29) is 6.10 Å². The van der Waals surface area contributed by atoms with Crippen LogP contribution in [0.5, 0.6) is 0 Å². The highest BCUT2D eigenvalue weighted by Crippen LogP contribution is 2.17. The lowest BCUT2D eigenvalue weighted by Gasteiger charge is -2.30. The van der Waals surface area contributed by atoms with E-state index >= 15 is 0 Å². The van der Waals surface area contributed by atoms with E-state index < -0.39 is 5.95 Å². The van der Waals surface area contributed by atoms with Gasteiger partial charge in [-0.15, -0.1) is 0 Å². The molecule has 0 radical (unpaired) electrons. The van der Waals surface area contributed by atoms with Crippen LogP contribution in [0, 0.1) is 5.95 Å². The predicted octanol–water partition coefficient (Wildman–Crippen LogP) is 1.18. The second-order valence-corrected chi connectivity index (χ2v) is 3.56. The molecule has 2 rings (SSSR count). The summed E-state index contributed by atoms with van der Waals surface area (Å²) >= 11 is 0. The van der Waals surface area contributed by atoms with Crippen LogP contribution in [0.1, 0.15) is 12.8 Å². The van der Waals surface area contributed by atoms with Gasteiger partial charge in [0.25, 0.3) is 0 Å². The molecule has 1 fully saturated rings. The van der Waals surface area contributed by atoms with Gasteiger partial charge >= 0.3 is 0 Å². The van der Waals surface area contributed by atoms with Crippen molar-refractivity contribution in [2.24, 2.45) is 0 Å². The molecule has 0 amide bonds.